The highest BCUT2D eigenvalue weighted by atomic mass is 35.5. The van der Waals surface area contributed by atoms with Crippen molar-refractivity contribution >= 4 is 38.9 Å². The zero-order chi connectivity index (χ0) is 27.1. The molecular formula is C25H24ClF3N2O5S. The fourth-order valence-corrected chi connectivity index (χ4v) is 7.58. The predicted molar refractivity (Wildman–Crippen MR) is 130 cm³/mol. The van der Waals surface area contributed by atoms with E-state index in [1.807, 2.05) is 0 Å². The first-order chi connectivity index (χ1) is 17.4. The van der Waals surface area contributed by atoms with E-state index >= 15 is 0 Å². The molecule has 3 N–H and O–H groups in total. The summed E-state index contributed by atoms with van der Waals surface area (Å²) in [5, 5.41) is 14.9. The number of nitrogens with one attached hydrogen (secondary N) is 2. The van der Waals surface area contributed by atoms with Gasteiger partial charge in [0.2, 0.25) is 5.91 Å². The Morgan fingerprint density at radius 3 is 2.32 bits per heavy atom. The van der Waals surface area contributed by atoms with Crippen molar-refractivity contribution in [2.24, 2.45) is 11.8 Å². The van der Waals surface area contributed by atoms with Crippen molar-refractivity contribution in [3.05, 3.63) is 71.0 Å². The topological polar surface area (TPSA) is 113 Å². The van der Waals surface area contributed by atoms with Crippen LogP contribution >= 0.6 is 11.6 Å². The van der Waals surface area contributed by atoms with Crippen molar-refractivity contribution in [3.63, 3.8) is 0 Å². The van der Waals surface area contributed by atoms with Crippen LogP contribution in [0.4, 0.5) is 18.9 Å². The van der Waals surface area contributed by atoms with Gasteiger partial charge in [-0.15, -0.1) is 6.58 Å². The molecule has 0 radical (unpaired) electrons. The normalized spacial score (nSPS) is 24.6. The first kappa shape index (κ1) is 27.2. The monoisotopic (exact) mass is 556 g/mol. The molecule has 0 heterocycles. The zero-order valence-corrected chi connectivity index (χ0v) is 21.0. The maximum Gasteiger partial charge on any atom is 0.255 e. The van der Waals surface area contributed by atoms with E-state index in [4.69, 9.17) is 11.6 Å². The largest absolute Gasteiger partial charge is 0.389 e. The van der Waals surface area contributed by atoms with Crippen molar-refractivity contribution < 1.29 is 36.3 Å². The number of hydrogen-bond acceptors (Lipinski definition) is 5. The number of sulfone groups is 1. The van der Waals surface area contributed by atoms with Gasteiger partial charge in [-0.3, -0.25) is 9.59 Å². The van der Waals surface area contributed by atoms with Crippen molar-refractivity contribution in [2.75, 3.05) is 11.9 Å². The molecule has 198 valence electrons. The molecule has 3 aliphatic rings. The van der Waals surface area contributed by atoms with Gasteiger partial charge in [-0.05, 0) is 49.3 Å². The Bertz CT molecular complexity index is 1350. The summed E-state index contributed by atoms with van der Waals surface area (Å²) in [7, 11) is -4.04. The molecule has 2 aromatic carbocycles. The second-order valence-electron chi connectivity index (χ2n) is 9.38. The summed E-state index contributed by atoms with van der Waals surface area (Å²) in [5.41, 5.74) is -1.79. The summed E-state index contributed by atoms with van der Waals surface area (Å²) < 4.78 is 67.1. The van der Waals surface area contributed by atoms with E-state index in [9.17, 15) is 36.3 Å². The minimum absolute atomic E-state index is 0.116. The highest BCUT2D eigenvalue weighted by Crippen LogP contribution is 2.57. The molecule has 0 aromatic heterocycles. The molecule has 37 heavy (non-hydrogen) atoms. The molecule has 3 aliphatic carbocycles. The average molecular weight is 557 g/mol. The first-order valence-corrected chi connectivity index (χ1v) is 13.4. The van der Waals surface area contributed by atoms with Crippen molar-refractivity contribution in [2.45, 2.75) is 41.4 Å². The molecule has 0 spiro atoms. The van der Waals surface area contributed by atoms with Crippen molar-refractivity contribution in [3.8, 4) is 0 Å². The summed E-state index contributed by atoms with van der Waals surface area (Å²) in [6, 6.07) is 4.72. The number of benzene rings is 2. The van der Waals surface area contributed by atoms with Gasteiger partial charge in [0.25, 0.3) is 5.91 Å². The molecule has 5 rings (SSSR count). The minimum Gasteiger partial charge on any atom is -0.389 e. The summed E-state index contributed by atoms with van der Waals surface area (Å²) in [5.74, 6) is -6.70. The van der Waals surface area contributed by atoms with Crippen LogP contribution in [-0.4, -0.2) is 42.7 Å². The molecule has 3 saturated carbocycles. The Labute approximate surface area is 216 Å². The van der Waals surface area contributed by atoms with Gasteiger partial charge in [0.05, 0.1) is 27.2 Å². The Balaban J connectivity index is 1.51. The molecule has 0 aliphatic heterocycles. The number of rotatable bonds is 8. The van der Waals surface area contributed by atoms with Gasteiger partial charge in [-0.25, -0.2) is 21.6 Å². The van der Waals surface area contributed by atoms with Crippen LogP contribution in [0.25, 0.3) is 0 Å². The van der Waals surface area contributed by atoms with Gasteiger partial charge in [-0.2, -0.15) is 0 Å². The lowest BCUT2D eigenvalue weighted by Crippen LogP contribution is -2.63. The molecule has 2 amide bonds. The van der Waals surface area contributed by atoms with Crippen LogP contribution in [-0.2, 0) is 14.6 Å². The third kappa shape index (κ3) is 5.12. The quantitative estimate of drug-likeness (QED) is 0.336. The molecule has 2 atom stereocenters. The van der Waals surface area contributed by atoms with Crippen molar-refractivity contribution in [1.29, 1.82) is 0 Å². The second-order valence-corrected chi connectivity index (χ2v) is 12.0. The Morgan fingerprint density at radius 1 is 1.11 bits per heavy atom. The van der Waals surface area contributed by atoms with Gasteiger partial charge in [0.1, 0.15) is 0 Å². The lowest BCUT2D eigenvalue weighted by molar-refractivity contribution is -0.183. The van der Waals surface area contributed by atoms with E-state index in [2.05, 4.69) is 17.2 Å². The van der Waals surface area contributed by atoms with Crippen LogP contribution in [0.5, 0.6) is 0 Å². The average Bonchev–Trinajstić information content (AvgIpc) is 2.85. The number of carbonyl (C=O) groups excluding carboxylic acids is 2. The summed E-state index contributed by atoms with van der Waals surface area (Å²) in [6.45, 7) is 3.78. The molecule has 7 nitrogen and oxygen atoms in total. The van der Waals surface area contributed by atoms with E-state index in [-0.39, 0.29) is 52.9 Å². The van der Waals surface area contributed by atoms with Gasteiger partial charge in [-0.1, -0.05) is 17.7 Å². The number of anilines is 1. The van der Waals surface area contributed by atoms with E-state index in [0.29, 0.717) is 18.6 Å². The number of carbonyl (C=O) groups is 2. The van der Waals surface area contributed by atoms with E-state index in [1.54, 1.807) is 0 Å². The van der Waals surface area contributed by atoms with Crippen LogP contribution in [0.2, 0.25) is 5.02 Å². The van der Waals surface area contributed by atoms with Gasteiger partial charge < -0.3 is 15.7 Å². The molecule has 3 fully saturated rings. The van der Waals surface area contributed by atoms with Crippen LogP contribution in [0.15, 0.2) is 47.9 Å². The van der Waals surface area contributed by atoms with Crippen molar-refractivity contribution in [1.82, 2.24) is 5.32 Å². The highest BCUT2D eigenvalue weighted by molar-refractivity contribution is 7.92. The number of halogens is 4. The maximum absolute atomic E-state index is 13.5. The maximum atomic E-state index is 13.5. The zero-order valence-electron chi connectivity index (χ0n) is 19.4. The number of hydrogen-bond donors (Lipinski definition) is 3. The molecule has 0 saturated heterocycles. The Kier molecular flexibility index (Phi) is 7.42. The van der Waals surface area contributed by atoms with E-state index in [1.165, 1.54) is 18.2 Å². The van der Waals surface area contributed by atoms with E-state index in [0.717, 1.165) is 6.07 Å². The predicted octanol–water partition coefficient (Wildman–Crippen LogP) is 4.01. The smallest absolute Gasteiger partial charge is 0.255 e. The lowest BCUT2D eigenvalue weighted by Gasteiger charge is -2.58. The SMILES string of the molecule is C=CCNC(=O)CC1(O)C2CC1CC(S(=O)(=O)c1cc(C(=O)Nc3cc(F)c(F)c(F)c3)ccc1Cl)C2. The third-order valence-corrected chi connectivity index (χ3v) is 9.80. The van der Waals surface area contributed by atoms with Gasteiger partial charge >= 0.3 is 0 Å². The Hall–Kier alpha value is -2.89. The molecular weight excluding hydrogens is 533 g/mol. The van der Waals surface area contributed by atoms with Gasteiger partial charge in [0, 0.05) is 29.9 Å². The van der Waals surface area contributed by atoms with E-state index < -0.39 is 55.9 Å². The third-order valence-electron chi connectivity index (χ3n) is 7.15. The fourth-order valence-electron chi connectivity index (χ4n) is 5.18. The van der Waals surface area contributed by atoms with Crippen LogP contribution in [0, 0.1) is 29.3 Å². The Morgan fingerprint density at radius 2 is 1.73 bits per heavy atom. The second kappa shape index (κ2) is 10.1. The number of aliphatic hydroxyl groups is 1. The lowest BCUT2D eigenvalue weighted by atomic mass is 9.52. The van der Waals surface area contributed by atoms with Crippen LogP contribution in [0.1, 0.15) is 36.0 Å². The van der Waals surface area contributed by atoms with Gasteiger partial charge in [0.15, 0.2) is 27.3 Å². The van der Waals surface area contributed by atoms with Crippen LogP contribution in [0.3, 0.4) is 0 Å². The fraction of sp³-hybridized carbons (Fsp3) is 0.360. The minimum atomic E-state index is -4.04. The molecule has 2 unspecified atom stereocenters. The summed E-state index contributed by atoms with van der Waals surface area (Å²) >= 11 is 6.18. The number of fused-ring (bicyclic) bond motifs is 2. The highest BCUT2D eigenvalue weighted by Gasteiger charge is 2.60. The standard InChI is InChI=1S/C25H24ClF3N2O5S/c1-2-5-30-22(32)12-25(34)14-7-15(25)9-17(8-14)37(35,36)21-6-13(3-4-18(21)26)24(33)31-16-10-19(27)23(29)20(28)11-16/h2-4,6,10-11,14-15,17,34H,1,5,7-9,12H2,(H,30,32)(H,31,33). The molecule has 12 heteroatoms. The summed E-state index contributed by atoms with van der Waals surface area (Å²) in [4.78, 5) is 24.5. The summed E-state index contributed by atoms with van der Waals surface area (Å²) in [6.07, 6.45) is 2.21. The molecule has 2 bridgehead atoms. The first-order valence-electron chi connectivity index (χ1n) is 11.5. The molecule has 2 aromatic rings. The van der Waals surface area contributed by atoms with Crippen LogP contribution < -0.4 is 10.6 Å². The number of amides is 2.